The van der Waals surface area contributed by atoms with Crippen LogP contribution in [0.2, 0.25) is 0 Å². The van der Waals surface area contributed by atoms with E-state index in [1.54, 1.807) is 6.08 Å². The summed E-state index contributed by atoms with van der Waals surface area (Å²) >= 11 is 3.34. The van der Waals surface area contributed by atoms with Crippen LogP contribution < -0.4 is 5.32 Å². The fraction of sp³-hybridized carbons (Fsp3) is 0.250. The number of hydrogen-bond donors (Lipinski definition) is 1. The smallest absolute Gasteiger partial charge is 0.320 e. The van der Waals surface area contributed by atoms with Crippen LogP contribution in [0.4, 0.5) is 0 Å². The lowest BCUT2D eigenvalue weighted by molar-refractivity contribution is -0.143. The second kappa shape index (κ2) is 7.19. The average Bonchev–Trinajstić information content (AvgIpc) is 2.29. The van der Waals surface area contributed by atoms with Crippen molar-refractivity contribution >= 4 is 21.9 Å². The molecule has 0 aliphatic heterocycles. The third-order valence-corrected chi connectivity index (χ3v) is 2.40. The fourth-order valence-corrected chi connectivity index (χ4v) is 1.34. The van der Waals surface area contributed by atoms with E-state index in [0.29, 0.717) is 13.2 Å². The summed E-state index contributed by atoms with van der Waals surface area (Å²) in [5.74, 6) is -0.259. The van der Waals surface area contributed by atoms with Gasteiger partial charge in [0.25, 0.3) is 0 Å². The predicted molar refractivity (Wildman–Crippen MR) is 67.0 cm³/mol. The van der Waals surface area contributed by atoms with E-state index >= 15 is 0 Å². The first-order valence-corrected chi connectivity index (χ1v) is 5.73. The van der Waals surface area contributed by atoms with Crippen molar-refractivity contribution in [1.29, 1.82) is 0 Å². The molecule has 0 aliphatic rings. The van der Waals surface area contributed by atoms with Gasteiger partial charge in [-0.1, -0.05) is 34.1 Å². The number of rotatable bonds is 6. The number of carbonyl (C=O) groups excluding carboxylic acids is 1. The average molecular weight is 284 g/mol. The molecule has 0 bridgehead atoms. The highest BCUT2D eigenvalue weighted by Gasteiger charge is 2.01. The highest BCUT2D eigenvalue weighted by Crippen LogP contribution is 2.11. The van der Waals surface area contributed by atoms with Gasteiger partial charge in [0.05, 0.1) is 6.54 Å². The fourth-order valence-electron chi connectivity index (χ4n) is 1.07. The molecule has 0 heterocycles. The number of hydrogen-bond acceptors (Lipinski definition) is 3. The second-order valence-electron chi connectivity index (χ2n) is 3.21. The van der Waals surface area contributed by atoms with Crippen LogP contribution in [0.5, 0.6) is 0 Å². The highest BCUT2D eigenvalue weighted by atomic mass is 79.9. The van der Waals surface area contributed by atoms with Crippen molar-refractivity contribution in [3.8, 4) is 0 Å². The van der Waals surface area contributed by atoms with Crippen molar-refractivity contribution in [3.63, 3.8) is 0 Å². The van der Waals surface area contributed by atoms with Gasteiger partial charge in [0.2, 0.25) is 0 Å². The van der Waals surface area contributed by atoms with Crippen LogP contribution in [-0.2, 0) is 16.1 Å². The van der Waals surface area contributed by atoms with Gasteiger partial charge in [-0.05, 0) is 17.7 Å². The molecule has 0 aromatic heterocycles. The summed E-state index contributed by atoms with van der Waals surface area (Å²) in [6.07, 6.45) is 1.70. The zero-order chi connectivity index (χ0) is 11.8. The van der Waals surface area contributed by atoms with E-state index in [4.69, 9.17) is 4.74 Å². The minimum absolute atomic E-state index is 0.211. The number of esters is 1. The topological polar surface area (TPSA) is 38.3 Å². The minimum atomic E-state index is -0.259. The molecule has 0 saturated carbocycles. The molecule has 86 valence electrons. The summed E-state index contributed by atoms with van der Waals surface area (Å²) in [4.78, 5) is 11.2. The highest BCUT2D eigenvalue weighted by molar-refractivity contribution is 9.10. The van der Waals surface area contributed by atoms with Crippen LogP contribution in [0, 0.1) is 0 Å². The van der Waals surface area contributed by atoms with E-state index in [1.807, 2.05) is 24.3 Å². The molecule has 0 spiro atoms. The molecule has 0 radical (unpaired) electrons. The molecule has 1 aromatic carbocycles. The van der Waals surface area contributed by atoms with Gasteiger partial charge in [-0.15, -0.1) is 6.58 Å². The Morgan fingerprint density at radius 2 is 2.12 bits per heavy atom. The Balaban J connectivity index is 2.26. The Hall–Kier alpha value is -1.13. The lowest BCUT2D eigenvalue weighted by Crippen LogP contribution is -2.24. The van der Waals surface area contributed by atoms with Crippen molar-refractivity contribution in [1.82, 2.24) is 5.32 Å². The van der Waals surface area contributed by atoms with Crippen LogP contribution >= 0.6 is 15.9 Å². The molecule has 16 heavy (non-hydrogen) atoms. The largest absolute Gasteiger partial charge is 0.460 e. The molecule has 1 rings (SSSR count). The van der Waals surface area contributed by atoms with Crippen LogP contribution in [0.25, 0.3) is 0 Å². The first-order chi connectivity index (χ1) is 7.72. The molecule has 0 amide bonds. The summed E-state index contributed by atoms with van der Waals surface area (Å²) in [5.41, 5.74) is 0.972. The summed E-state index contributed by atoms with van der Waals surface area (Å²) in [7, 11) is 0. The second-order valence-corrected chi connectivity index (χ2v) is 4.12. The first kappa shape index (κ1) is 12.9. The van der Waals surface area contributed by atoms with Crippen LogP contribution in [0.3, 0.4) is 0 Å². The van der Waals surface area contributed by atoms with E-state index in [0.717, 1.165) is 10.0 Å². The maximum atomic E-state index is 11.2. The molecule has 0 saturated heterocycles. The van der Waals surface area contributed by atoms with E-state index in [2.05, 4.69) is 27.8 Å². The van der Waals surface area contributed by atoms with Crippen molar-refractivity contribution in [2.24, 2.45) is 0 Å². The van der Waals surface area contributed by atoms with E-state index in [1.165, 1.54) is 0 Å². The SMILES string of the molecule is C=CCNCC(=O)OCc1ccc(Br)cc1. The zero-order valence-electron chi connectivity index (χ0n) is 8.91. The van der Waals surface area contributed by atoms with Crippen LogP contribution in [0.15, 0.2) is 41.4 Å². The third-order valence-electron chi connectivity index (χ3n) is 1.87. The molecule has 4 heteroatoms. The quantitative estimate of drug-likeness (QED) is 0.495. The molecular weight excluding hydrogens is 270 g/mol. The van der Waals surface area contributed by atoms with Crippen molar-refractivity contribution in [2.75, 3.05) is 13.1 Å². The van der Waals surface area contributed by atoms with E-state index < -0.39 is 0 Å². The van der Waals surface area contributed by atoms with Gasteiger partial charge >= 0.3 is 5.97 Å². The number of nitrogens with one attached hydrogen (secondary N) is 1. The molecule has 0 unspecified atom stereocenters. The maximum Gasteiger partial charge on any atom is 0.320 e. The van der Waals surface area contributed by atoms with Crippen molar-refractivity contribution in [3.05, 3.63) is 47.0 Å². The summed E-state index contributed by atoms with van der Waals surface area (Å²) < 4.78 is 6.07. The van der Waals surface area contributed by atoms with E-state index in [-0.39, 0.29) is 12.5 Å². The third kappa shape index (κ3) is 5.09. The zero-order valence-corrected chi connectivity index (χ0v) is 10.5. The number of carbonyl (C=O) groups is 1. The standard InChI is InChI=1S/C12H14BrNO2/c1-2-7-14-8-12(15)16-9-10-3-5-11(13)6-4-10/h2-6,14H,1,7-9H2. The Morgan fingerprint density at radius 3 is 2.75 bits per heavy atom. The first-order valence-electron chi connectivity index (χ1n) is 4.94. The van der Waals surface area contributed by atoms with Crippen LogP contribution in [0.1, 0.15) is 5.56 Å². The Kier molecular flexibility index (Phi) is 5.82. The number of halogens is 1. The molecule has 1 N–H and O–H groups in total. The normalized spacial score (nSPS) is 9.81. The molecular formula is C12H14BrNO2. The summed E-state index contributed by atoms with van der Waals surface area (Å²) in [6.45, 7) is 4.66. The van der Waals surface area contributed by atoms with Gasteiger partial charge < -0.3 is 10.1 Å². The molecule has 0 aliphatic carbocycles. The minimum Gasteiger partial charge on any atom is -0.460 e. The molecule has 0 fully saturated rings. The molecule has 0 atom stereocenters. The Labute approximate surface area is 104 Å². The van der Waals surface area contributed by atoms with Crippen molar-refractivity contribution in [2.45, 2.75) is 6.61 Å². The number of ether oxygens (including phenoxy) is 1. The summed E-state index contributed by atoms with van der Waals surface area (Å²) in [5, 5.41) is 2.88. The van der Waals surface area contributed by atoms with Gasteiger partial charge in [0, 0.05) is 11.0 Å². The summed E-state index contributed by atoms with van der Waals surface area (Å²) in [6, 6.07) is 7.65. The van der Waals surface area contributed by atoms with Gasteiger partial charge in [0.1, 0.15) is 6.61 Å². The Morgan fingerprint density at radius 1 is 1.44 bits per heavy atom. The van der Waals surface area contributed by atoms with Gasteiger partial charge in [-0.2, -0.15) is 0 Å². The van der Waals surface area contributed by atoms with Crippen molar-refractivity contribution < 1.29 is 9.53 Å². The van der Waals surface area contributed by atoms with E-state index in [9.17, 15) is 4.79 Å². The molecule has 3 nitrogen and oxygen atoms in total. The van der Waals surface area contributed by atoms with Gasteiger partial charge in [-0.25, -0.2) is 0 Å². The number of benzene rings is 1. The molecule has 1 aromatic rings. The van der Waals surface area contributed by atoms with Gasteiger partial charge in [-0.3, -0.25) is 4.79 Å². The lowest BCUT2D eigenvalue weighted by Gasteiger charge is -2.05. The monoisotopic (exact) mass is 283 g/mol. The lowest BCUT2D eigenvalue weighted by atomic mass is 10.2. The Bertz CT molecular complexity index is 349. The van der Waals surface area contributed by atoms with Crippen LogP contribution in [-0.4, -0.2) is 19.1 Å². The maximum absolute atomic E-state index is 11.2. The van der Waals surface area contributed by atoms with Gasteiger partial charge in [0.15, 0.2) is 0 Å². The predicted octanol–water partition coefficient (Wildman–Crippen LogP) is 2.27.